The molecule has 0 radical (unpaired) electrons. The summed E-state index contributed by atoms with van der Waals surface area (Å²) < 4.78 is 13.3. The van der Waals surface area contributed by atoms with Gasteiger partial charge in [-0.15, -0.1) is 0 Å². The van der Waals surface area contributed by atoms with Crippen molar-refractivity contribution in [2.75, 3.05) is 0 Å². The molecule has 2 rings (SSSR count). The summed E-state index contributed by atoms with van der Waals surface area (Å²) in [5, 5.41) is 0.243. The highest BCUT2D eigenvalue weighted by Gasteiger charge is 2.23. The van der Waals surface area contributed by atoms with Crippen LogP contribution in [-0.4, -0.2) is 5.78 Å². The van der Waals surface area contributed by atoms with Crippen LogP contribution in [0.15, 0.2) is 12.1 Å². The molecule has 18 heavy (non-hydrogen) atoms. The quantitative estimate of drug-likeness (QED) is 0.548. The predicted octanol–water partition coefficient (Wildman–Crippen LogP) is 4.94. The van der Waals surface area contributed by atoms with Gasteiger partial charge < -0.3 is 0 Å². The number of carbonyl (C=O) groups is 1. The van der Waals surface area contributed by atoms with Crippen LogP contribution in [0.3, 0.4) is 0 Å². The van der Waals surface area contributed by atoms with Crippen molar-refractivity contribution in [3.05, 3.63) is 34.1 Å². The lowest BCUT2D eigenvalue weighted by Crippen LogP contribution is -2.15. The van der Waals surface area contributed by atoms with Crippen molar-refractivity contribution in [3.63, 3.8) is 0 Å². The fourth-order valence-corrected chi connectivity index (χ4v) is 2.85. The molecule has 0 bridgehead atoms. The molecule has 1 saturated carbocycles. The van der Waals surface area contributed by atoms with Gasteiger partial charge in [-0.2, -0.15) is 0 Å². The molecule has 0 atom stereocenters. The molecule has 0 heterocycles. The first-order valence-corrected chi connectivity index (χ1v) is 6.97. The number of rotatable bonds is 2. The Kier molecular flexibility index (Phi) is 4.39. The van der Waals surface area contributed by atoms with E-state index >= 15 is 0 Å². The SMILES string of the molecule is Cc1cc(C(=O)C2CCCCCC2)c(Cl)cc1F. The van der Waals surface area contributed by atoms with E-state index in [9.17, 15) is 9.18 Å². The number of Topliss-reactive ketones (excluding diaryl/α,β-unsaturated/α-hetero) is 1. The Morgan fingerprint density at radius 1 is 1.22 bits per heavy atom. The molecule has 1 aliphatic carbocycles. The predicted molar refractivity (Wildman–Crippen MR) is 71.7 cm³/mol. The smallest absolute Gasteiger partial charge is 0.167 e. The van der Waals surface area contributed by atoms with E-state index in [4.69, 9.17) is 11.6 Å². The fraction of sp³-hybridized carbons (Fsp3) is 0.533. The highest BCUT2D eigenvalue weighted by Crippen LogP contribution is 2.29. The van der Waals surface area contributed by atoms with E-state index in [-0.39, 0.29) is 22.5 Å². The summed E-state index contributed by atoms with van der Waals surface area (Å²) in [7, 11) is 0. The minimum Gasteiger partial charge on any atom is -0.294 e. The van der Waals surface area contributed by atoms with Crippen LogP contribution in [-0.2, 0) is 0 Å². The molecule has 1 aliphatic rings. The molecule has 0 amide bonds. The topological polar surface area (TPSA) is 17.1 Å². The van der Waals surface area contributed by atoms with Crippen molar-refractivity contribution in [3.8, 4) is 0 Å². The van der Waals surface area contributed by atoms with Crippen molar-refractivity contribution in [2.24, 2.45) is 5.92 Å². The van der Waals surface area contributed by atoms with Gasteiger partial charge in [-0.3, -0.25) is 4.79 Å². The van der Waals surface area contributed by atoms with Gasteiger partial charge in [-0.1, -0.05) is 37.3 Å². The third-order valence-corrected chi connectivity index (χ3v) is 4.05. The van der Waals surface area contributed by atoms with Crippen molar-refractivity contribution < 1.29 is 9.18 Å². The molecule has 3 heteroatoms. The van der Waals surface area contributed by atoms with Crippen LogP contribution in [0.4, 0.5) is 4.39 Å². The van der Waals surface area contributed by atoms with E-state index in [1.54, 1.807) is 13.0 Å². The van der Waals surface area contributed by atoms with Crippen LogP contribution in [0.25, 0.3) is 0 Å². The number of ketones is 1. The normalized spacial score (nSPS) is 17.5. The minimum atomic E-state index is -0.350. The summed E-state index contributed by atoms with van der Waals surface area (Å²) in [6, 6.07) is 2.84. The summed E-state index contributed by atoms with van der Waals surface area (Å²) in [4.78, 5) is 12.4. The van der Waals surface area contributed by atoms with Crippen molar-refractivity contribution in [1.29, 1.82) is 0 Å². The zero-order valence-corrected chi connectivity index (χ0v) is 11.4. The number of carbonyl (C=O) groups excluding carboxylic acids is 1. The van der Waals surface area contributed by atoms with Gasteiger partial charge >= 0.3 is 0 Å². The second-order valence-electron chi connectivity index (χ2n) is 5.13. The van der Waals surface area contributed by atoms with Gasteiger partial charge in [0.05, 0.1) is 5.02 Å². The third kappa shape index (κ3) is 2.92. The standard InChI is InChI=1S/C15H18ClFO/c1-10-8-12(13(16)9-14(10)17)15(18)11-6-4-2-3-5-7-11/h8-9,11H,2-7H2,1H3. The Morgan fingerprint density at radius 3 is 2.44 bits per heavy atom. The largest absolute Gasteiger partial charge is 0.294 e. The number of benzene rings is 1. The summed E-state index contributed by atoms with van der Waals surface area (Å²) >= 11 is 6.00. The van der Waals surface area contributed by atoms with Crippen molar-refractivity contribution in [2.45, 2.75) is 45.4 Å². The molecule has 0 N–H and O–H groups in total. The first-order valence-electron chi connectivity index (χ1n) is 6.59. The summed E-state index contributed by atoms with van der Waals surface area (Å²) in [5.74, 6) is -0.197. The van der Waals surface area contributed by atoms with Gasteiger partial charge in [0.1, 0.15) is 5.82 Å². The third-order valence-electron chi connectivity index (χ3n) is 3.74. The summed E-state index contributed by atoms with van der Waals surface area (Å²) in [6.45, 7) is 1.66. The zero-order chi connectivity index (χ0) is 13.1. The molecule has 1 aromatic rings. The van der Waals surface area contributed by atoms with E-state index in [2.05, 4.69) is 0 Å². The van der Waals surface area contributed by atoms with Gasteiger partial charge in [0, 0.05) is 11.5 Å². The Bertz CT molecular complexity index is 448. The number of aryl methyl sites for hydroxylation is 1. The van der Waals surface area contributed by atoms with Gasteiger partial charge in [0.15, 0.2) is 5.78 Å². The van der Waals surface area contributed by atoms with E-state index in [0.717, 1.165) is 25.7 Å². The maximum atomic E-state index is 13.3. The highest BCUT2D eigenvalue weighted by atomic mass is 35.5. The van der Waals surface area contributed by atoms with E-state index in [0.29, 0.717) is 11.1 Å². The molecule has 1 nitrogen and oxygen atoms in total. The molecule has 98 valence electrons. The second kappa shape index (κ2) is 5.83. The molecule has 0 unspecified atom stereocenters. The fourth-order valence-electron chi connectivity index (χ4n) is 2.61. The Hall–Kier alpha value is -0.890. The van der Waals surface area contributed by atoms with Crippen LogP contribution in [0.1, 0.15) is 54.4 Å². The average molecular weight is 269 g/mol. The molecular formula is C15H18ClFO. The Morgan fingerprint density at radius 2 is 1.83 bits per heavy atom. The number of hydrogen-bond donors (Lipinski definition) is 0. The molecule has 1 fully saturated rings. The van der Waals surface area contributed by atoms with Gasteiger partial charge in [-0.05, 0) is 37.5 Å². The Labute approximate surface area is 112 Å². The Balaban J connectivity index is 2.24. The van der Waals surface area contributed by atoms with E-state index in [1.165, 1.54) is 18.9 Å². The zero-order valence-electron chi connectivity index (χ0n) is 10.6. The summed E-state index contributed by atoms with van der Waals surface area (Å²) in [5.41, 5.74) is 0.971. The number of halogens is 2. The monoisotopic (exact) mass is 268 g/mol. The number of hydrogen-bond acceptors (Lipinski definition) is 1. The summed E-state index contributed by atoms with van der Waals surface area (Å²) in [6.07, 6.45) is 6.50. The maximum Gasteiger partial charge on any atom is 0.167 e. The first kappa shape index (κ1) is 13.5. The molecule has 0 aliphatic heterocycles. The van der Waals surface area contributed by atoms with Gasteiger partial charge in [-0.25, -0.2) is 4.39 Å². The average Bonchev–Trinajstić information content (AvgIpc) is 2.61. The highest BCUT2D eigenvalue weighted by molar-refractivity contribution is 6.34. The van der Waals surface area contributed by atoms with Crippen molar-refractivity contribution in [1.82, 2.24) is 0 Å². The lowest BCUT2D eigenvalue weighted by molar-refractivity contribution is 0.0908. The van der Waals surface area contributed by atoms with E-state index in [1.807, 2.05) is 0 Å². The van der Waals surface area contributed by atoms with Crippen molar-refractivity contribution >= 4 is 17.4 Å². The van der Waals surface area contributed by atoms with Gasteiger partial charge in [0.25, 0.3) is 0 Å². The van der Waals surface area contributed by atoms with Crippen LogP contribution < -0.4 is 0 Å². The second-order valence-corrected chi connectivity index (χ2v) is 5.54. The molecular weight excluding hydrogens is 251 g/mol. The molecule has 1 aromatic carbocycles. The van der Waals surface area contributed by atoms with E-state index < -0.39 is 0 Å². The molecule has 0 aromatic heterocycles. The lowest BCUT2D eigenvalue weighted by Gasteiger charge is -2.14. The molecule has 0 spiro atoms. The first-order chi connectivity index (χ1) is 8.59. The van der Waals surface area contributed by atoms with Crippen LogP contribution >= 0.6 is 11.6 Å². The van der Waals surface area contributed by atoms with Crippen LogP contribution in [0.2, 0.25) is 5.02 Å². The van der Waals surface area contributed by atoms with Crippen LogP contribution in [0, 0.1) is 18.7 Å². The van der Waals surface area contributed by atoms with Gasteiger partial charge in [0.2, 0.25) is 0 Å². The minimum absolute atomic E-state index is 0.0647. The lowest BCUT2D eigenvalue weighted by atomic mass is 9.90. The van der Waals surface area contributed by atoms with Crippen LogP contribution in [0.5, 0.6) is 0 Å². The molecule has 0 saturated heterocycles. The maximum absolute atomic E-state index is 13.3.